The highest BCUT2D eigenvalue weighted by atomic mass is 32.2. The van der Waals surface area contributed by atoms with E-state index in [4.69, 9.17) is 9.26 Å². The Balaban J connectivity index is 1.56. The van der Waals surface area contributed by atoms with Gasteiger partial charge < -0.3 is 14.2 Å². The second kappa shape index (κ2) is 7.15. The molecule has 2 aromatic rings. The highest BCUT2D eigenvalue weighted by Gasteiger charge is 2.63. The lowest BCUT2D eigenvalue weighted by molar-refractivity contribution is -0.151. The molecule has 0 aliphatic carbocycles. The number of ether oxygens (including phenoxy) is 1. The first-order chi connectivity index (χ1) is 16.2. The van der Waals surface area contributed by atoms with Crippen molar-refractivity contribution < 1.29 is 32.8 Å². The third kappa shape index (κ3) is 2.70. The second-order valence-corrected chi connectivity index (χ2v) is 10.4. The summed E-state index contributed by atoms with van der Waals surface area (Å²) in [5.41, 5.74) is -1.24. The first-order valence-corrected chi connectivity index (χ1v) is 11.7. The molecular formula is C21H20FN5O6S. The van der Waals surface area contributed by atoms with E-state index >= 15 is 4.39 Å². The summed E-state index contributed by atoms with van der Waals surface area (Å²) in [7, 11) is 0. The maximum Gasteiger partial charge on any atom is 0.328 e. The maximum atomic E-state index is 16.0. The normalized spacial score (nSPS) is 28.3. The summed E-state index contributed by atoms with van der Waals surface area (Å²) in [5, 5.41) is 8.48. The Labute approximate surface area is 196 Å². The molecule has 178 valence electrons. The van der Waals surface area contributed by atoms with Crippen molar-refractivity contribution in [3.05, 3.63) is 17.4 Å². The minimum Gasteiger partial charge on any atom is -0.374 e. The zero-order valence-corrected chi connectivity index (χ0v) is 19.0. The van der Waals surface area contributed by atoms with Crippen LogP contribution in [0.3, 0.4) is 0 Å². The number of carbonyl (C=O) groups is 4. The van der Waals surface area contributed by atoms with Crippen LogP contribution in [0.5, 0.6) is 0 Å². The molecule has 4 aliphatic heterocycles. The third-order valence-electron chi connectivity index (χ3n) is 6.98. The highest BCUT2D eigenvalue weighted by Crippen LogP contribution is 2.49. The van der Waals surface area contributed by atoms with Crippen LogP contribution in [0, 0.1) is 11.2 Å². The molecule has 1 aromatic carbocycles. The molecule has 11 nitrogen and oxygen atoms in total. The third-order valence-corrected chi connectivity index (χ3v) is 7.95. The summed E-state index contributed by atoms with van der Waals surface area (Å²) in [6.45, 7) is 4.48. The lowest BCUT2D eigenvalue weighted by atomic mass is 9.66. The van der Waals surface area contributed by atoms with Crippen LogP contribution in [0.1, 0.15) is 19.4 Å². The number of fused-ring (bicyclic) bond motifs is 5. The van der Waals surface area contributed by atoms with Crippen molar-refractivity contribution in [3.8, 4) is 0 Å². The molecule has 5 amide bonds. The van der Waals surface area contributed by atoms with Crippen LogP contribution in [0.2, 0.25) is 0 Å². The summed E-state index contributed by atoms with van der Waals surface area (Å²) < 4.78 is 27.1. The molecular weight excluding hydrogens is 469 g/mol. The van der Waals surface area contributed by atoms with Crippen molar-refractivity contribution in [1.82, 2.24) is 15.8 Å². The lowest BCUT2D eigenvalue weighted by Crippen LogP contribution is -2.74. The zero-order valence-electron chi connectivity index (χ0n) is 18.2. The highest BCUT2D eigenvalue weighted by molar-refractivity contribution is 8.14. The number of imide groups is 2. The van der Waals surface area contributed by atoms with E-state index in [-0.39, 0.29) is 52.5 Å². The first-order valence-electron chi connectivity index (χ1n) is 10.9. The second-order valence-electron chi connectivity index (χ2n) is 8.99. The number of barbiturate groups is 1. The number of aromatic nitrogens is 1. The number of anilines is 2. The van der Waals surface area contributed by atoms with E-state index in [0.717, 1.165) is 11.8 Å². The molecule has 0 bridgehead atoms. The summed E-state index contributed by atoms with van der Waals surface area (Å²) in [6.07, 6.45) is -0.772. The minimum atomic E-state index is -1.72. The Morgan fingerprint density at radius 3 is 2.62 bits per heavy atom. The maximum absolute atomic E-state index is 16.0. The van der Waals surface area contributed by atoms with Gasteiger partial charge in [-0.1, -0.05) is 23.8 Å². The molecule has 2 unspecified atom stereocenters. The van der Waals surface area contributed by atoms with E-state index in [1.807, 2.05) is 6.92 Å². The van der Waals surface area contributed by atoms with Crippen molar-refractivity contribution in [2.24, 2.45) is 5.41 Å². The molecule has 4 aliphatic rings. The van der Waals surface area contributed by atoms with Gasteiger partial charge in [-0.05, 0) is 18.6 Å². The monoisotopic (exact) mass is 489 g/mol. The number of nitrogens with one attached hydrogen (secondary N) is 2. The molecule has 6 rings (SSSR count). The number of rotatable bonds is 1. The number of morpholine rings is 1. The van der Waals surface area contributed by atoms with Gasteiger partial charge in [0.05, 0.1) is 29.8 Å². The van der Waals surface area contributed by atoms with Crippen molar-refractivity contribution in [2.75, 3.05) is 29.5 Å². The van der Waals surface area contributed by atoms with Crippen LogP contribution in [0.25, 0.3) is 11.0 Å². The molecule has 1 spiro atoms. The van der Waals surface area contributed by atoms with Gasteiger partial charge >= 0.3 is 6.03 Å². The molecule has 34 heavy (non-hydrogen) atoms. The lowest BCUT2D eigenvalue weighted by Gasteiger charge is -2.54. The molecule has 0 radical (unpaired) electrons. The van der Waals surface area contributed by atoms with Crippen LogP contribution < -0.4 is 20.4 Å². The standard InChI is InChI=1S/C21H20FN5O6S/c1-8-7-27(20(31)34-8)16-11-5-10-6-21(17(28)23-19(30)24-18(21)29)15-9(2)32-4-3-26(15)13(10)12(22)14(11)33-25-16/h5,8-9,15H,3-4,6-7H2,1-2H3,(H2,23,24,28,29,30)/t8?,9-,15?/m0/s1. The Kier molecular flexibility index (Phi) is 4.49. The predicted molar refractivity (Wildman–Crippen MR) is 118 cm³/mol. The van der Waals surface area contributed by atoms with Crippen LogP contribution in [0.4, 0.5) is 25.5 Å². The van der Waals surface area contributed by atoms with Gasteiger partial charge in [-0.2, -0.15) is 0 Å². The molecule has 13 heteroatoms. The van der Waals surface area contributed by atoms with Crippen LogP contribution in [0.15, 0.2) is 10.6 Å². The van der Waals surface area contributed by atoms with Gasteiger partial charge in [0, 0.05) is 24.8 Å². The number of hydrogen-bond acceptors (Lipinski definition) is 9. The van der Waals surface area contributed by atoms with Gasteiger partial charge in [0.1, 0.15) is 0 Å². The summed E-state index contributed by atoms with van der Waals surface area (Å²) >= 11 is 1.15. The van der Waals surface area contributed by atoms with Gasteiger partial charge in [-0.25, -0.2) is 9.18 Å². The average Bonchev–Trinajstić information content (AvgIpc) is 3.33. The largest absolute Gasteiger partial charge is 0.374 e. The van der Waals surface area contributed by atoms with Crippen LogP contribution in [-0.4, -0.2) is 65.3 Å². The van der Waals surface area contributed by atoms with Gasteiger partial charge in [0.25, 0.3) is 5.24 Å². The number of amides is 5. The van der Waals surface area contributed by atoms with Crippen molar-refractivity contribution in [3.63, 3.8) is 0 Å². The quantitative estimate of drug-likeness (QED) is 0.572. The van der Waals surface area contributed by atoms with Gasteiger partial charge in [-0.3, -0.25) is 29.9 Å². The van der Waals surface area contributed by atoms with Crippen LogP contribution in [-0.2, 0) is 20.7 Å². The molecule has 3 atom stereocenters. The Morgan fingerprint density at radius 2 is 1.94 bits per heavy atom. The molecule has 5 heterocycles. The summed E-state index contributed by atoms with van der Waals surface area (Å²) in [5.74, 6) is -2.01. The first kappa shape index (κ1) is 21.4. The fraction of sp³-hybridized carbons (Fsp3) is 0.476. The van der Waals surface area contributed by atoms with E-state index in [2.05, 4.69) is 15.8 Å². The predicted octanol–water partition coefficient (Wildman–Crippen LogP) is 1.53. The zero-order chi connectivity index (χ0) is 23.9. The Bertz CT molecular complexity index is 1280. The fourth-order valence-electron chi connectivity index (χ4n) is 5.62. The smallest absolute Gasteiger partial charge is 0.328 e. The van der Waals surface area contributed by atoms with E-state index in [1.54, 1.807) is 17.9 Å². The SMILES string of the molecule is CC1CN(c2noc3c(F)c4c(cc23)CC2(C(=O)NC(=O)NC2=O)C2[C@H](C)OCCN42)C(=O)S1. The number of carbonyl (C=O) groups excluding carboxylic acids is 4. The molecule has 3 saturated heterocycles. The topological polar surface area (TPSA) is 134 Å². The summed E-state index contributed by atoms with van der Waals surface area (Å²) in [6, 6.07) is -0.131. The number of hydrogen-bond donors (Lipinski definition) is 2. The number of benzene rings is 1. The average molecular weight is 489 g/mol. The van der Waals surface area contributed by atoms with Crippen LogP contribution >= 0.6 is 11.8 Å². The van der Waals surface area contributed by atoms with Crippen molar-refractivity contribution in [2.45, 2.75) is 37.7 Å². The van der Waals surface area contributed by atoms with Crippen molar-refractivity contribution >= 4 is 57.3 Å². The number of nitrogens with zero attached hydrogens (tertiary/aromatic N) is 3. The van der Waals surface area contributed by atoms with Gasteiger partial charge in [0.15, 0.2) is 17.1 Å². The molecule has 3 fully saturated rings. The van der Waals surface area contributed by atoms with E-state index in [9.17, 15) is 19.2 Å². The van der Waals surface area contributed by atoms with E-state index in [1.165, 1.54) is 4.90 Å². The molecule has 0 saturated carbocycles. The minimum absolute atomic E-state index is 0.0350. The van der Waals surface area contributed by atoms with Crippen molar-refractivity contribution in [1.29, 1.82) is 0 Å². The van der Waals surface area contributed by atoms with E-state index in [0.29, 0.717) is 12.1 Å². The number of thioether (sulfide) groups is 1. The number of halogens is 1. The van der Waals surface area contributed by atoms with E-state index < -0.39 is 41.2 Å². The molecule has 2 N–H and O–H groups in total. The fourth-order valence-corrected chi connectivity index (χ4v) is 6.48. The molecule has 1 aromatic heterocycles. The Hall–Kier alpha value is -3.19. The Morgan fingerprint density at radius 1 is 1.21 bits per heavy atom. The van der Waals surface area contributed by atoms with Gasteiger partial charge in [0.2, 0.25) is 17.4 Å². The summed E-state index contributed by atoms with van der Waals surface area (Å²) in [4.78, 5) is 53.7. The number of urea groups is 1. The van der Waals surface area contributed by atoms with Gasteiger partial charge in [-0.15, -0.1) is 0 Å².